The van der Waals surface area contributed by atoms with Gasteiger partial charge in [-0.15, -0.1) is 11.3 Å². The molecule has 0 aromatic carbocycles. The van der Waals surface area contributed by atoms with Crippen molar-refractivity contribution in [1.82, 2.24) is 20.5 Å². The molecular weight excluding hydrogens is 232 g/mol. The molecule has 17 heavy (non-hydrogen) atoms. The number of H-pyrrole nitrogens is 1. The molecule has 0 saturated carbocycles. The van der Waals surface area contributed by atoms with Crippen LogP contribution >= 0.6 is 11.3 Å². The molecule has 2 bridgehead atoms. The quantitative estimate of drug-likeness (QED) is 0.853. The van der Waals surface area contributed by atoms with Crippen LogP contribution in [-0.4, -0.2) is 27.3 Å². The topological polar surface area (TPSA) is 53.6 Å². The Labute approximate surface area is 103 Å². The average molecular weight is 246 g/mol. The average Bonchev–Trinajstić information content (AvgIpc) is 3.12. The minimum atomic E-state index is 0.537. The Kier molecular flexibility index (Phi) is 2.10. The van der Waals surface area contributed by atoms with Gasteiger partial charge in [0.2, 0.25) is 0 Å². The van der Waals surface area contributed by atoms with Gasteiger partial charge in [-0.05, 0) is 30.7 Å². The van der Waals surface area contributed by atoms with E-state index in [1.807, 2.05) is 6.07 Å². The molecule has 88 valence electrons. The van der Waals surface area contributed by atoms with Gasteiger partial charge in [-0.2, -0.15) is 5.10 Å². The SMILES string of the molecule is c1csc(-c2n[nH]c(C3CC4CCC3N4)n2)c1. The molecule has 3 atom stereocenters. The van der Waals surface area contributed by atoms with Gasteiger partial charge in [0.1, 0.15) is 5.82 Å². The molecule has 3 unspecified atom stereocenters. The molecule has 0 aliphatic carbocycles. The van der Waals surface area contributed by atoms with Crippen molar-refractivity contribution in [3.63, 3.8) is 0 Å². The third kappa shape index (κ3) is 1.53. The molecular formula is C12H14N4S. The molecule has 2 aromatic heterocycles. The van der Waals surface area contributed by atoms with Gasteiger partial charge >= 0.3 is 0 Å². The highest BCUT2D eigenvalue weighted by Crippen LogP contribution is 2.38. The van der Waals surface area contributed by atoms with E-state index in [9.17, 15) is 0 Å². The van der Waals surface area contributed by atoms with Gasteiger partial charge in [0, 0.05) is 18.0 Å². The number of nitrogens with one attached hydrogen (secondary N) is 2. The highest BCUT2D eigenvalue weighted by atomic mass is 32.1. The second kappa shape index (κ2) is 3.65. The molecule has 5 heteroatoms. The van der Waals surface area contributed by atoms with Crippen LogP contribution in [0.3, 0.4) is 0 Å². The third-order valence-corrected chi connectivity index (χ3v) is 4.76. The minimum absolute atomic E-state index is 0.537. The smallest absolute Gasteiger partial charge is 0.191 e. The zero-order valence-electron chi connectivity index (χ0n) is 9.39. The first-order valence-corrected chi connectivity index (χ1v) is 7.00. The van der Waals surface area contributed by atoms with Crippen molar-refractivity contribution in [3.05, 3.63) is 23.3 Å². The van der Waals surface area contributed by atoms with E-state index < -0.39 is 0 Å². The maximum atomic E-state index is 4.66. The summed E-state index contributed by atoms with van der Waals surface area (Å²) in [6.45, 7) is 0. The molecule has 4 heterocycles. The molecule has 4 nitrogen and oxygen atoms in total. The molecule has 2 aromatic rings. The van der Waals surface area contributed by atoms with E-state index in [1.54, 1.807) is 11.3 Å². The van der Waals surface area contributed by atoms with Crippen LogP contribution in [0.25, 0.3) is 10.7 Å². The van der Waals surface area contributed by atoms with Crippen molar-refractivity contribution >= 4 is 11.3 Å². The lowest BCUT2D eigenvalue weighted by atomic mass is 9.89. The third-order valence-electron chi connectivity index (χ3n) is 3.90. The monoisotopic (exact) mass is 246 g/mol. The van der Waals surface area contributed by atoms with E-state index in [0.717, 1.165) is 16.5 Å². The molecule has 0 radical (unpaired) electrons. The van der Waals surface area contributed by atoms with Gasteiger partial charge in [-0.25, -0.2) is 4.98 Å². The first-order chi connectivity index (χ1) is 8.40. The summed E-state index contributed by atoms with van der Waals surface area (Å²) in [5.41, 5.74) is 0. The summed E-state index contributed by atoms with van der Waals surface area (Å²) in [6, 6.07) is 5.43. The van der Waals surface area contributed by atoms with Crippen molar-refractivity contribution in [1.29, 1.82) is 0 Å². The van der Waals surface area contributed by atoms with E-state index in [1.165, 1.54) is 19.3 Å². The fourth-order valence-electron chi connectivity index (χ4n) is 3.08. The van der Waals surface area contributed by atoms with Gasteiger partial charge in [0.15, 0.2) is 5.82 Å². The summed E-state index contributed by atoms with van der Waals surface area (Å²) < 4.78 is 0. The Hall–Kier alpha value is -1.20. The molecule has 4 rings (SSSR count). The Morgan fingerprint density at radius 3 is 3.06 bits per heavy atom. The molecule has 2 saturated heterocycles. The highest BCUT2D eigenvalue weighted by molar-refractivity contribution is 7.13. The maximum Gasteiger partial charge on any atom is 0.191 e. The minimum Gasteiger partial charge on any atom is -0.310 e. The van der Waals surface area contributed by atoms with Crippen molar-refractivity contribution in [2.45, 2.75) is 37.3 Å². The highest BCUT2D eigenvalue weighted by Gasteiger charge is 2.41. The Bertz CT molecular complexity index is 518. The summed E-state index contributed by atoms with van der Waals surface area (Å²) in [5, 5.41) is 13.2. The van der Waals surface area contributed by atoms with Crippen LogP contribution in [0.4, 0.5) is 0 Å². The van der Waals surface area contributed by atoms with Crippen molar-refractivity contribution in [2.24, 2.45) is 0 Å². The van der Waals surface area contributed by atoms with E-state index >= 15 is 0 Å². The van der Waals surface area contributed by atoms with Crippen LogP contribution in [0, 0.1) is 0 Å². The number of aromatic amines is 1. The van der Waals surface area contributed by atoms with Gasteiger partial charge in [-0.1, -0.05) is 6.07 Å². The summed E-state index contributed by atoms with van der Waals surface area (Å²) in [7, 11) is 0. The molecule has 2 aliphatic rings. The first kappa shape index (κ1) is 9.79. The fraction of sp³-hybridized carbons (Fsp3) is 0.500. The summed E-state index contributed by atoms with van der Waals surface area (Å²) in [5.74, 6) is 2.45. The van der Waals surface area contributed by atoms with Crippen LogP contribution in [0.2, 0.25) is 0 Å². The number of rotatable bonds is 2. The normalized spacial score (nSPS) is 31.2. The van der Waals surface area contributed by atoms with Gasteiger partial charge in [0.05, 0.1) is 4.88 Å². The predicted molar refractivity (Wildman–Crippen MR) is 67.0 cm³/mol. The number of fused-ring (bicyclic) bond motifs is 2. The van der Waals surface area contributed by atoms with Gasteiger partial charge in [0.25, 0.3) is 0 Å². The number of aromatic nitrogens is 3. The Morgan fingerprint density at radius 2 is 2.35 bits per heavy atom. The zero-order chi connectivity index (χ0) is 11.2. The number of nitrogens with zero attached hydrogens (tertiary/aromatic N) is 2. The van der Waals surface area contributed by atoms with E-state index in [-0.39, 0.29) is 0 Å². The lowest BCUT2D eigenvalue weighted by molar-refractivity contribution is 0.488. The van der Waals surface area contributed by atoms with E-state index in [2.05, 4.69) is 31.9 Å². The molecule has 2 aliphatic heterocycles. The first-order valence-electron chi connectivity index (χ1n) is 6.12. The summed E-state index contributed by atoms with van der Waals surface area (Å²) in [4.78, 5) is 5.80. The second-order valence-electron chi connectivity index (χ2n) is 4.91. The van der Waals surface area contributed by atoms with Crippen molar-refractivity contribution in [3.8, 4) is 10.7 Å². The van der Waals surface area contributed by atoms with Crippen LogP contribution < -0.4 is 5.32 Å². The number of thiophene rings is 1. The molecule has 0 spiro atoms. The maximum absolute atomic E-state index is 4.66. The van der Waals surface area contributed by atoms with Gasteiger partial charge < -0.3 is 5.32 Å². The van der Waals surface area contributed by atoms with Crippen molar-refractivity contribution < 1.29 is 0 Å². The Balaban J connectivity index is 1.63. The molecule has 2 fully saturated rings. The number of hydrogen-bond acceptors (Lipinski definition) is 4. The second-order valence-corrected chi connectivity index (χ2v) is 5.86. The largest absolute Gasteiger partial charge is 0.310 e. The lowest BCUT2D eigenvalue weighted by Crippen LogP contribution is -2.22. The predicted octanol–water partition coefficient (Wildman–Crippen LogP) is 2.14. The van der Waals surface area contributed by atoms with Crippen molar-refractivity contribution in [2.75, 3.05) is 0 Å². The molecule has 2 N–H and O–H groups in total. The summed E-state index contributed by atoms with van der Waals surface area (Å²) in [6.07, 6.45) is 3.82. The molecule has 0 amide bonds. The Morgan fingerprint density at radius 1 is 1.35 bits per heavy atom. The van der Waals surface area contributed by atoms with Crippen LogP contribution in [0.15, 0.2) is 17.5 Å². The van der Waals surface area contributed by atoms with Crippen LogP contribution in [-0.2, 0) is 0 Å². The van der Waals surface area contributed by atoms with E-state index in [4.69, 9.17) is 0 Å². The van der Waals surface area contributed by atoms with Gasteiger partial charge in [-0.3, -0.25) is 5.10 Å². The van der Waals surface area contributed by atoms with E-state index in [0.29, 0.717) is 18.0 Å². The zero-order valence-corrected chi connectivity index (χ0v) is 10.2. The fourth-order valence-corrected chi connectivity index (χ4v) is 3.74. The van der Waals surface area contributed by atoms with Crippen LogP contribution in [0.1, 0.15) is 31.0 Å². The lowest BCUT2D eigenvalue weighted by Gasteiger charge is -2.16. The standard InChI is InChI=1S/C12H14N4S/c1-2-10(17-5-1)12-14-11(15-16-12)8-6-7-3-4-9(8)13-7/h1-2,5,7-9,13H,3-4,6H2,(H,14,15,16). The summed E-state index contributed by atoms with van der Waals surface area (Å²) >= 11 is 1.69. The number of hydrogen-bond donors (Lipinski definition) is 2. The van der Waals surface area contributed by atoms with Crippen LogP contribution in [0.5, 0.6) is 0 Å².